The highest BCUT2D eigenvalue weighted by Crippen LogP contribution is 2.19. The van der Waals surface area contributed by atoms with E-state index in [1.807, 2.05) is 0 Å². The molecule has 0 saturated carbocycles. The van der Waals surface area contributed by atoms with Gasteiger partial charge in [-0.3, -0.25) is 15.0 Å². The SMILES string of the molecule is CC(C)(C)N(NC(=O)c1c(F)cccc1F)C(=O)c1cccc(Cl)c1. The van der Waals surface area contributed by atoms with Gasteiger partial charge in [-0.2, -0.15) is 0 Å². The molecule has 0 atom stereocenters. The first-order chi connectivity index (χ1) is 11.6. The Hall–Kier alpha value is -2.47. The van der Waals surface area contributed by atoms with Crippen molar-refractivity contribution in [3.05, 3.63) is 70.2 Å². The van der Waals surface area contributed by atoms with E-state index in [0.29, 0.717) is 5.02 Å². The number of nitrogens with one attached hydrogen (secondary N) is 1. The highest BCUT2D eigenvalue weighted by Gasteiger charge is 2.31. The lowest BCUT2D eigenvalue weighted by atomic mass is 10.1. The van der Waals surface area contributed by atoms with E-state index >= 15 is 0 Å². The molecule has 2 amide bonds. The van der Waals surface area contributed by atoms with Crippen LogP contribution >= 0.6 is 11.6 Å². The van der Waals surface area contributed by atoms with Crippen LogP contribution in [0.15, 0.2) is 42.5 Å². The molecule has 0 aromatic heterocycles. The lowest BCUT2D eigenvalue weighted by Crippen LogP contribution is -2.56. The molecular formula is C18H17ClF2N2O2. The van der Waals surface area contributed by atoms with E-state index in [1.165, 1.54) is 12.1 Å². The Bertz CT molecular complexity index is 799. The summed E-state index contributed by atoms with van der Waals surface area (Å²) in [5, 5.41) is 1.37. The molecule has 2 aromatic rings. The molecule has 2 rings (SSSR count). The fraction of sp³-hybridized carbons (Fsp3) is 0.222. The summed E-state index contributed by atoms with van der Waals surface area (Å²) in [5.74, 6) is -3.64. The average molecular weight is 367 g/mol. The third kappa shape index (κ3) is 4.33. The highest BCUT2D eigenvalue weighted by atomic mass is 35.5. The summed E-state index contributed by atoms with van der Waals surface area (Å²) in [7, 11) is 0. The van der Waals surface area contributed by atoms with Gasteiger partial charge in [-0.05, 0) is 51.1 Å². The summed E-state index contributed by atoms with van der Waals surface area (Å²) in [6, 6.07) is 9.26. The zero-order valence-electron chi connectivity index (χ0n) is 13.9. The second-order valence-electron chi connectivity index (χ2n) is 6.36. The number of hydrogen-bond acceptors (Lipinski definition) is 2. The van der Waals surface area contributed by atoms with Crippen LogP contribution in [-0.4, -0.2) is 22.4 Å². The lowest BCUT2D eigenvalue weighted by molar-refractivity contribution is 0.0355. The largest absolute Gasteiger partial charge is 0.275 e. The van der Waals surface area contributed by atoms with Gasteiger partial charge in [0.05, 0.1) is 5.54 Å². The molecule has 0 aliphatic rings. The third-order valence-electron chi connectivity index (χ3n) is 3.35. The van der Waals surface area contributed by atoms with E-state index < -0.39 is 34.6 Å². The first-order valence-corrected chi connectivity index (χ1v) is 7.84. The normalized spacial score (nSPS) is 11.1. The summed E-state index contributed by atoms with van der Waals surface area (Å²) in [6.07, 6.45) is 0. The maximum absolute atomic E-state index is 13.8. The predicted octanol–water partition coefficient (Wildman–Crippen LogP) is 4.20. The number of halogens is 3. The summed E-state index contributed by atoms with van der Waals surface area (Å²) in [5.41, 5.74) is 0.923. The molecule has 0 bridgehead atoms. The molecule has 0 fully saturated rings. The van der Waals surface area contributed by atoms with Gasteiger partial charge in [0.2, 0.25) is 0 Å². The number of hydrazine groups is 1. The van der Waals surface area contributed by atoms with E-state index in [-0.39, 0.29) is 5.56 Å². The Morgan fingerprint density at radius 3 is 2.12 bits per heavy atom. The molecule has 0 heterocycles. The van der Waals surface area contributed by atoms with Gasteiger partial charge in [-0.1, -0.05) is 23.7 Å². The smallest absolute Gasteiger partial charge is 0.267 e. The van der Waals surface area contributed by atoms with Crippen molar-refractivity contribution in [2.45, 2.75) is 26.3 Å². The molecule has 4 nitrogen and oxygen atoms in total. The Labute approximate surface area is 149 Å². The molecule has 0 aliphatic heterocycles. The Kier molecular flexibility index (Phi) is 5.42. The summed E-state index contributed by atoms with van der Waals surface area (Å²) < 4.78 is 27.6. The number of amides is 2. The van der Waals surface area contributed by atoms with Gasteiger partial charge in [0.1, 0.15) is 17.2 Å². The summed E-state index contributed by atoms with van der Waals surface area (Å²) in [6.45, 7) is 5.02. The molecular weight excluding hydrogens is 350 g/mol. The average Bonchev–Trinajstić information content (AvgIpc) is 2.50. The van der Waals surface area contributed by atoms with Gasteiger partial charge >= 0.3 is 0 Å². The Balaban J connectivity index is 2.36. The molecule has 0 unspecified atom stereocenters. The number of nitrogens with zero attached hydrogens (tertiary/aromatic N) is 1. The van der Waals surface area contributed by atoms with Gasteiger partial charge in [-0.25, -0.2) is 13.8 Å². The van der Waals surface area contributed by atoms with Crippen molar-refractivity contribution in [3.63, 3.8) is 0 Å². The van der Waals surface area contributed by atoms with Gasteiger partial charge in [0, 0.05) is 10.6 Å². The first-order valence-electron chi connectivity index (χ1n) is 7.46. The minimum Gasteiger partial charge on any atom is -0.267 e. The molecule has 132 valence electrons. The maximum Gasteiger partial charge on any atom is 0.275 e. The molecule has 2 aromatic carbocycles. The van der Waals surface area contributed by atoms with E-state index in [1.54, 1.807) is 32.9 Å². The summed E-state index contributed by atoms with van der Waals surface area (Å²) >= 11 is 5.89. The number of carbonyl (C=O) groups excluding carboxylic acids is 2. The van der Waals surface area contributed by atoms with E-state index in [4.69, 9.17) is 11.6 Å². The van der Waals surface area contributed by atoms with Crippen LogP contribution in [-0.2, 0) is 0 Å². The number of rotatable bonds is 2. The van der Waals surface area contributed by atoms with E-state index in [9.17, 15) is 18.4 Å². The molecule has 0 spiro atoms. The number of carbonyl (C=O) groups is 2. The first kappa shape index (κ1) is 18.9. The number of hydrogen-bond donors (Lipinski definition) is 1. The standard InChI is InChI=1S/C18H17ClF2N2O2/c1-18(2,3)23(17(25)11-6-4-7-12(19)10-11)22-16(24)15-13(20)8-5-9-14(15)21/h4-10H,1-3H3,(H,22,24). The third-order valence-corrected chi connectivity index (χ3v) is 3.58. The van der Waals surface area contributed by atoms with Crippen molar-refractivity contribution >= 4 is 23.4 Å². The second-order valence-corrected chi connectivity index (χ2v) is 6.80. The van der Waals surface area contributed by atoms with Crippen LogP contribution in [0, 0.1) is 11.6 Å². The molecule has 0 saturated heterocycles. The van der Waals surface area contributed by atoms with Gasteiger partial charge in [0.15, 0.2) is 0 Å². The Morgan fingerprint density at radius 2 is 1.60 bits per heavy atom. The zero-order chi connectivity index (χ0) is 18.8. The van der Waals surface area contributed by atoms with Crippen molar-refractivity contribution in [1.29, 1.82) is 0 Å². The summed E-state index contributed by atoms with van der Waals surface area (Å²) in [4.78, 5) is 25.1. The monoisotopic (exact) mass is 366 g/mol. The van der Waals surface area contributed by atoms with E-state index in [2.05, 4.69) is 5.43 Å². The van der Waals surface area contributed by atoms with Crippen molar-refractivity contribution < 1.29 is 18.4 Å². The van der Waals surface area contributed by atoms with Crippen LogP contribution in [0.1, 0.15) is 41.5 Å². The van der Waals surface area contributed by atoms with Crippen LogP contribution in [0.3, 0.4) is 0 Å². The van der Waals surface area contributed by atoms with Crippen LogP contribution in [0.25, 0.3) is 0 Å². The molecule has 1 N–H and O–H groups in total. The lowest BCUT2D eigenvalue weighted by Gasteiger charge is -2.35. The Morgan fingerprint density at radius 1 is 1.04 bits per heavy atom. The van der Waals surface area contributed by atoms with Crippen molar-refractivity contribution in [3.8, 4) is 0 Å². The topological polar surface area (TPSA) is 49.4 Å². The number of benzene rings is 2. The van der Waals surface area contributed by atoms with Crippen LogP contribution in [0.5, 0.6) is 0 Å². The predicted molar refractivity (Wildman–Crippen MR) is 91.2 cm³/mol. The van der Waals surface area contributed by atoms with Crippen LogP contribution in [0.2, 0.25) is 5.02 Å². The van der Waals surface area contributed by atoms with Crippen LogP contribution < -0.4 is 5.43 Å². The van der Waals surface area contributed by atoms with E-state index in [0.717, 1.165) is 23.2 Å². The fourth-order valence-electron chi connectivity index (χ4n) is 2.15. The van der Waals surface area contributed by atoms with Crippen molar-refractivity contribution in [1.82, 2.24) is 10.4 Å². The second kappa shape index (κ2) is 7.19. The highest BCUT2D eigenvalue weighted by molar-refractivity contribution is 6.31. The minimum absolute atomic E-state index is 0.233. The molecule has 0 aliphatic carbocycles. The molecule has 7 heteroatoms. The van der Waals surface area contributed by atoms with Crippen molar-refractivity contribution in [2.75, 3.05) is 0 Å². The van der Waals surface area contributed by atoms with Gasteiger partial charge in [-0.15, -0.1) is 0 Å². The molecule has 0 radical (unpaired) electrons. The van der Waals surface area contributed by atoms with Gasteiger partial charge in [0.25, 0.3) is 11.8 Å². The quantitative estimate of drug-likeness (QED) is 0.810. The van der Waals surface area contributed by atoms with Crippen LogP contribution in [0.4, 0.5) is 8.78 Å². The van der Waals surface area contributed by atoms with Gasteiger partial charge < -0.3 is 0 Å². The minimum atomic E-state index is -1.05. The fourth-order valence-corrected chi connectivity index (χ4v) is 2.34. The van der Waals surface area contributed by atoms with Crippen molar-refractivity contribution in [2.24, 2.45) is 0 Å². The molecule has 25 heavy (non-hydrogen) atoms. The zero-order valence-corrected chi connectivity index (χ0v) is 14.7. The maximum atomic E-state index is 13.8.